The molecule has 9 nitrogen and oxygen atoms in total. The summed E-state index contributed by atoms with van der Waals surface area (Å²) in [6, 6.07) is 4.27. The largest absolute Gasteiger partial charge is 0.481 e. The van der Waals surface area contributed by atoms with Gasteiger partial charge in [-0.3, -0.25) is 0 Å². The van der Waals surface area contributed by atoms with Crippen LogP contribution in [0.5, 0.6) is 5.88 Å². The predicted molar refractivity (Wildman–Crippen MR) is 115 cm³/mol. The molecule has 0 amide bonds. The molecule has 4 N–H and O–H groups in total. The summed E-state index contributed by atoms with van der Waals surface area (Å²) < 4.78 is 21.8. The monoisotopic (exact) mass is 426 g/mol. The molecule has 2 atom stereocenters. The second kappa shape index (κ2) is 8.37. The third kappa shape index (κ3) is 3.93. The summed E-state index contributed by atoms with van der Waals surface area (Å²) in [6.07, 6.45) is 5.70. The van der Waals surface area contributed by atoms with Crippen molar-refractivity contribution in [2.24, 2.45) is 0 Å². The average molecular weight is 427 g/mol. The lowest BCUT2D eigenvalue weighted by Gasteiger charge is -2.24. The second-order valence-electron chi connectivity index (χ2n) is 8.12. The van der Waals surface area contributed by atoms with Crippen molar-refractivity contribution in [3.05, 3.63) is 41.6 Å². The molecule has 0 saturated carbocycles. The maximum Gasteiger partial charge on any atom is 0.218 e. The minimum Gasteiger partial charge on any atom is -0.481 e. The number of pyridine rings is 1. The number of aryl methyl sites for hydroxylation is 1. The van der Waals surface area contributed by atoms with E-state index in [2.05, 4.69) is 31.5 Å². The van der Waals surface area contributed by atoms with E-state index < -0.39 is 0 Å². The third-order valence-electron chi connectivity index (χ3n) is 6.00. The quantitative estimate of drug-likeness (QED) is 0.493. The van der Waals surface area contributed by atoms with Crippen molar-refractivity contribution in [1.82, 2.24) is 35.7 Å². The van der Waals surface area contributed by atoms with E-state index in [1.54, 1.807) is 13.3 Å². The molecule has 3 aromatic rings. The zero-order chi connectivity index (χ0) is 21.4. The van der Waals surface area contributed by atoms with Crippen molar-refractivity contribution in [3.8, 4) is 5.88 Å². The smallest absolute Gasteiger partial charge is 0.218 e. The number of hydrazine groups is 1. The SMILES string of the molecule is COc1nc(C)ccc1C1CC(Nc2cnc3c(F)cn(C4CCNCC4)c3n2)NN1. The number of rotatable bonds is 5. The standard InChI is InChI=1S/C21H27FN8O/c1-12-3-4-14(21(25-12)31-2)16-9-17(29-28-16)26-18-10-24-19-15(22)11-30(20(19)27-18)13-5-7-23-8-6-13/h3-4,10-11,13,16-17,23,28-29H,5-9H2,1-2H3,(H,26,27). The molecule has 2 fully saturated rings. The highest BCUT2D eigenvalue weighted by molar-refractivity contribution is 5.74. The van der Waals surface area contributed by atoms with Gasteiger partial charge >= 0.3 is 0 Å². The number of nitrogens with one attached hydrogen (secondary N) is 4. The molecule has 31 heavy (non-hydrogen) atoms. The highest BCUT2D eigenvalue weighted by Crippen LogP contribution is 2.30. The van der Waals surface area contributed by atoms with Crippen molar-refractivity contribution in [2.75, 3.05) is 25.5 Å². The summed E-state index contributed by atoms with van der Waals surface area (Å²) in [6.45, 7) is 3.79. The van der Waals surface area contributed by atoms with Gasteiger partial charge in [0.2, 0.25) is 5.88 Å². The summed E-state index contributed by atoms with van der Waals surface area (Å²) in [5.74, 6) is 0.901. The van der Waals surface area contributed by atoms with Crippen molar-refractivity contribution in [3.63, 3.8) is 0 Å². The van der Waals surface area contributed by atoms with Gasteiger partial charge in [-0.25, -0.2) is 30.2 Å². The zero-order valence-electron chi connectivity index (χ0n) is 17.7. The number of aromatic nitrogens is 4. The molecule has 3 aromatic heterocycles. The molecule has 0 aliphatic carbocycles. The first-order valence-corrected chi connectivity index (χ1v) is 10.7. The van der Waals surface area contributed by atoms with Crippen LogP contribution in [0.4, 0.5) is 10.2 Å². The first-order valence-electron chi connectivity index (χ1n) is 10.7. The summed E-state index contributed by atoms with van der Waals surface area (Å²) in [4.78, 5) is 13.5. The Labute approximate surface area is 179 Å². The summed E-state index contributed by atoms with van der Waals surface area (Å²) in [5.41, 5.74) is 9.34. The van der Waals surface area contributed by atoms with Gasteiger partial charge in [-0.05, 0) is 38.9 Å². The maximum atomic E-state index is 14.4. The van der Waals surface area contributed by atoms with E-state index >= 15 is 0 Å². The van der Waals surface area contributed by atoms with E-state index in [1.807, 2.05) is 23.6 Å². The van der Waals surface area contributed by atoms with E-state index in [4.69, 9.17) is 9.72 Å². The van der Waals surface area contributed by atoms with Crippen LogP contribution in [0.25, 0.3) is 11.2 Å². The number of ether oxygens (including phenoxy) is 1. The Balaban J connectivity index is 1.34. The Bertz CT molecular complexity index is 1080. The van der Waals surface area contributed by atoms with Gasteiger partial charge in [-0.1, -0.05) is 6.07 Å². The number of hydrogen-bond acceptors (Lipinski definition) is 8. The lowest BCUT2D eigenvalue weighted by molar-refractivity contribution is 0.372. The van der Waals surface area contributed by atoms with Crippen LogP contribution in [-0.2, 0) is 0 Å². The molecule has 164 valence electrons. The van der Waals surface area contributed by atoms with Crippen LogP contribution in [-0.4, -0.2) is 45.9 Å². The number of halogens is 1. The predicted octanol–water partition coefficient (Wildman–Crippen LogP) is 2.18. The van der Waals surface area contributed by atoms with Crippen molar-refractivity contribution in [1.29, 1.82) is 0 Å². The van der Waals surface area contributed by atoms with Crippen LogP contribution in [0.2, 0.25) is 0 Å². The molecule has 0 aromatic carbocycles. The first kappa shape index (κ1) is 20.1. The Kier molecular flexibility index (Phi) is 5.43. The normalized spacial score (nSPS) is 22.2. The number of fused-ring (bicyclic) bond motifs is 1. The Morgan fingerprint density at radius 2 is 2.03 bits per heavy atom. The van der Waals surface area contributed by atoms with Gasteiger partial charge in [0.05, 0.1) is 25.5 Å². The Morgan fingerprint density at radius 3 is 2.84 bits per heavy atom. The molecular formula is C21H27FN8O. The van der Waals surface area contributed by atoms with Crippen LogP contribution >= 0.6 is 0 Å². The molecule has 5 heterocycles. The molecule has 2 aliphatic heterocycles. The first-order chi connectivity index (χ1) is 15.1. The molecule has 2 unspecified atom stereocenters. The maximum absolute atomic E-state index is 14.4. The zero-order valence-corrected chi connectivity index (χ0v) is 17.7. The Hall–Kier alpha value is -2.82. The average Bonchev–Trinajstić information content (AvgIpc) is 3.38. The number of hydrogen-bond donors (Lipinski definition) is 4. The van der Waals surface area contributed by atoms with Gasteiger partial charge in [0.15, 0.2) is 11.5 Å². The molecule has 0 spiro atoms. The van der Waals surface area contributed by atoms with Crippen LogP contribution in [0.15, 0.2) is 24.5 Å². The van der Waals surface area contributed by atoms with E-state index in [9.17, 15) is 4.39 Å². The van der Waals surface area contributed by atoms with Crippen molar-refractivity contribution in [2.45, 2.75) is 44.4 Å². The fourth-order valence-electron chi connectivity index (χ4n) is 4.41. The van der Waals surface area contributed by atoms with Crippen LogP contribution in [0, 0.1) is 12.7 Å². The fraction of sp³-hybridized carbons (Fsp3) is 0.476. The number of piperidine rings is 1. The fourth-order valence-corrected chi connectivity index (χ4v) is 4.41. The number of anilines is 1. The highest BCUT2D eigenvalue weighted by Gasteiger charge is 2.28. The number of methoxy groups -OCH3 is 1. The summed E-state index contributed by atoms with van der Waals surface area (Å²) >= 11 is 0. The highest BCUT2D eigenvalue weighted by atomic mass is 19.1. The van der Waals surface area contributed by atoms with Crippen LogP contribution in [0.3, 0.4) is 0 Å². The third-order valence-corrected chi connectivity index (χ3v) is 6.00. The molecule has 5 rings (SSSR count). The van der Waals surface area contributed by atoms with Gasteiger partial charge in [0, 0.05) is 29.9 Å². The van der Waals surface area contributed by atoms with E-state index in [-0.39, 0.29) is 24.1 Å². The van der Waals surface area contributed by atoms with Crippen LogP contribution in [0.1, 0.15) is 42.6 Å². The van der Waals surface area contributed by atoms with Crippen molar-refractivity contribution < 1.29 is 9.13 Å². The van der Waals surface area contributed by atoms with Gasteiger partial charge in [-0.15, -0.1) is 0 Å². The minimum atomic E-state index is -0.327. The summed E-state index contributed by atoms with van der Waals surface area (Å²) in [7, 11) is 1.63. The van der Waals surface area contributed by atoms with Crippen LogP contribution < -0.4 is 26.2 Å². The van der Waals surface area contributed by atoms with Gasteiger partial charge in [0.1, 0.15) is 11.3 Å². The van der Waals surface area contributed by atoms with E-state index in [0.29, 0.717) is 22.9 Å². The van der Waals surface area contributed by atoms with Crippen molar-refractivity contribution >= 4 is 17.0 Å². The Morgan fingerprint density at radius 1 is 1.19 bits per heavy atom. The summed E-state index contributed by atoms with van der Waals surface area (Å²) in [5, 5.41) is 6.71. The molecule has 2 saturated heterocycles. The van der Waals surface area contributed by atoms with Gasteiger partial charge in [-0.2, -0.15) is 0 Å². The van der Waals surface area contributed by atoms with Gasteiger partial charge < -0.3 is 19.9 Å². The molecule has 0 radical (unpaired) electrons. The van der Waals surface area contributed by atoms with E-state index in [1.165, 1.54) is 6.20 Å². The topological polar surface area (TPSA) is 101 Å². The molecule has 10 heteroatoms. The van der Waals surface area contributed by atoms with E-state index in [0.717, 1.165) is 43.6 Å². The lowest BCUT2D eigenvalue weighted by atomic mass is 10.1. The van der Waals surface area contributed by atoms with Gasteiger partial charge in [0.25, 0.3) is 0 Å². The molecular weight excluding hydrogens is 399 g/mol. The second-order valence-corrected chi connectivity index (χ2v) is 8.12. The number of nitrogens with zero attached hydrogens (tertiary/aromatic N) is 4. The molecule has 0 bridgehead atoms. The lowest BCUT2D eigenvalue weighted by Crippen LogP contribution is -2.36. The minimum absolute atomic E-state index is 0.0354. The molecule has 2 aliphatic rings.